The van der Waals surface area contributed by atoms with Crippen LogP contribution in [0.25, 0.3) is 0 Å². The SMILES string of the molecule is O=C(O)CCn1cc(S(=O)(=O)NCc2ccoc2)cn1. The van der Waals surface area contributed by atoms with Crippen LogP contribution in [0.15, 0.2) is 40.3 Å². The van der Waals surface area contributed by atoms with E-state index in [0.717, 1.165) is 0 Å². The van der Waals surface area contributed by atoms with Crippen LogP contribution in [0.3, 0.4) is 0 Å². The number of carboxylic acids is 1. The van der Waals surface area contributed by atoms with Gasteiger partial charge in [0.05, 0.1) is 31.7 Å². The summed E-state index contributed by atoms with van der Waals surface area (Å²) in [4.78, 5) is 10.4. The monoisotopic (exact) mass is 299 g/mol. The van der Waals surface area contributed by atoms with Crippen LogP contribution >= 0.6 is 0 Å². The highest BCUT2D eigenvalue weighted by atomic mass is 32.2. The van der Waals surface area contributed by atoms with Crippen LogP contribution in [0.2, 0.25) is 0 Å². The third kappa shape index (κ3) is 3.68. The number of furan rings is 1. The molecule has 8 nitrogen and oxygen atoms in total. The fraction of sp³-hybridized carbons (Fsp3) is 0.273. The van der Waals surface area contributed by atoms with E-state index in [9.17, 15) is 13.2 Å². The minimum atomic E-state index is -3.68. The Kier molecular flexibility index (Phi) is 4.20. The van der Waals surface area contributed by atoms with Gasteiger partial charge in [-0.05, 0) is 6.07 Å². The van der Waals surface area contributed by atoms with Gasteiger partial charge in [0, 0.05) is 18.3 Å². The van der Waals surface area contributed by atoms with Crippen LogP contribution in [0.1, 0.15) is 12.0 Å². The number of carbonyl (C=O) groups is 1. The molecule has 0 atom stereocenters. The lowest BCUT2D eigenvalue weighted by molar-refractivity contribution is -0.137. The zero-order valence-corrected chi connectivity index (χ0v) is 11.2. The van der Waals surface area contributed by atoms with Gasteiger partial charge in [-0.2, -0.15) is 5.10 Å². The van der Waals surface area contributed by atoms with Crippen LogP contribution in [0.4, 0.5) is 0 Å². The van der Waals surface area contributed by atoms with Gasteiger partial charge >= 0.3 is 5.97 Å². The molecular formula is C11H13N3O5S. The zero-order valence-electron chi connectivity index (χ0n) is 10.4. The highest BCUT2D eigenvalue weighted by molar-refractivity contribution is 7.89. The first-order valence-corrected chi connectivity index (χ1v) is 7.21. The van der Waals surface area contributed by atoms with Crippen molar-refractivity contribution in [1.82, 2.24) is 14.5 Å². The van der Waals surface area contributed by atoms with E-state index in [1.165, 1.54) is 29.6 Å². The molecule has 0 radical (unpaired) electrons. The van der Waals surface area contributed by atoms with Gasteiger partial charge in [0.1, 0.15) is 4.90 Å². The standard InChI is InChI=1S/C11H13N3O5S/c15-11(16)1-3-14-7-10(6-12-14)20(17,18)13-5-9-2-4-19-8-9/h2,4,6-8,13H,1,3,5H2,(H,15,16). The average Bonchev–Trinajstić information content (AvgIpc) is 3.05. The number of aromatic nitrogens is 2. The van der Waals surface area contributed by atoms with Crippen molar-refractivity contribution in [3.8, 4) is 0 Å². The molecule has 0 saturated heterocycles. The molecule has 20 heavy (non-hydrogen) atoms. The molecule has 0 aliphatic rings. The van der Waals surface area contributed by atoms with Gasteiger partial charge in [-0.1, -0.05) is 0 Å². The predicted molar refractivity (Wildman–Crippen MR) is 67.2 cm³/mol. The average molecular weight is 299 g/mol. The van der Waals surface area contributed by atoms with E-state index in [0.29, 0.717) is 5.56 Å². The molecule has 2 N–H and O–H groups in total. The minimum Gasteiger partial charge on any atom is -0.481 e. The lowest BCUT2D eigenvalue weighted by Gasteiger charge is -2.02. The van der Waals surface area contributed by atoms with E-state index in [1.807, 2.05) is 0 Å². The second-order valence-electron chi connectivity index (χ2n) is 4.04. The number of hydrogen-bond acceptors (Lipinski definition) is 5. The molecule has 0 aromatic carbocycles. The summed E-state index contributed by atoms with van der Waals surface area (Å²) < 4.78 is 32.4. The number of rotatable bonds is 7. The Balaban J connectivity index is 2.00. The summed E-state index contributed by atoms with van der Waals surface area (Å²) in [7, 11) is -3.68. The number of sulfonamides is 1. The normalized spacial score (nSPS) is 11.6. The van der Waals surface area contributed by atoms with Crippen molar-refractivity contribution in [3.63, 3.8) is 0 Å². The highest BCUT2D eigenvalue weighted by Crippen LogP contribution is 2.09. The lowest BCUT2D eigenvalue weighted by atomic mass is 10.4. The van der Waals surface area contributed by atoms with E-state index < -0.39 is 16.0 Å². The number of hydrogen-bond donors (Lipinski definition) is 2. The van der Waals surface area contributed by atoms with E-state index in [2.05, 4.69) is 9.82 Å². The largest absolute Gasteiger partial charge is 0.481 e. The smallest absolute Gasteiger partial charge is 0.305 e. The van der Waals surface area contributed by atoms with Crippen molar-refractivity contribution >= 4 is 16.0 Å². The number of nitrogens with zero attached hydrogens (tertiary/aromatic N) is 2. The maximum Gasteiger partial charge on any atom is 0.305 e. The molecule has 0 amide bonds. The molecule has 0 fully saturated rings. The Morgan fingerprint density at radius 2 is 2.30 bits per heavy atom. The summed E-state index contributed by atoms with van der Waals surface area (Å²) in [6, 6.07) is 1.65. The number of aliphatic carboxylic acids is 1. The third-order valence-electron chi connectivity index (χ3n) is 2.52. The topological polar surface area (TPSA) is 114 Å². The van der Waals surface area contributed by atoms with Crippen LogP contribution in [-0.2, 0) is 27.9 Å². The van der Waals surface area contributed by atoms with Crippen LogP contribution < -0.4 is 4.72 Å². The first kappa shape index (κ1) is 14.3. The fourth-order valence-electron chi connectivity index (χ4n) is 1.47. The molecule has 0 saturated carbocycles. The van der Waals surface area contributed by atoms with Gasteiger partial charge in [-0.3, -0.25) is 9.48 Å². The second-order valence-corrected chi connectivity index (χ2v) is 5.81. The minimum absolute atomic E-state index is 0.00798. The van der Waals surface area contributed by atoms with Crippen molar-refractivity contribution in [3.05, 3.63) is 36.5 Å². The third-order valence-corrected chi connectivity index (χ3v) is 3.88. The van der Waals surface area contributed by atoms with Gasteiger partial charge in [0.25, 0.3) is 0 Å². The number of nitrogens with one attached hydrogen (secondary N) is 1. The zero-order chi connectivity index (χ0) is 14.6. The molecule has 2 aromatic rings. The van der Waals surface area contributed by atoms with Crippen molar-refractivity contribution in [2.24, 2.45) is 0 Å². The molecular weight excluding hydrogens is 286 g/mol. The molecule has 0 spiro atoms. The quantitative estimate of drug-likeness (QED) is 0.766. The summed E-state index contributed by atoms with van der Waals surface area (Å²) in [5.74, 6) is -0.969. The fourth-order valence-corrected chi connectivity index (χ4v) is 2.44. The van der Waals surface area contributed by atoms with Crippen molar-refractivity contribution in [1.29, 1.82) is 0 Å². The molecule has 108 valence electrons. The first-order valence-electron chi connectivity index (χ1n) is 5.72. The van der Waals surface area contributed by atoms with Crippen molar-refractivity contribution in [2.75, 3.05) is 0 Å². The molecule has 9 heteroatoms. The van der Waals surface area contributed by atoms with Crippen LogP contribution in [0, 0.1) is 0 Å². The Bertz CT molecular complexity index is 675. The molecule has 2 rings (SSSR count). The Hall–Kier alpha value is -2.13. The number of carboxylic acid groups (broad SMARTS) is 1. The van der Waals surface area contributed by atoms with Gasteiger partial charge in [0.15, 0.2) is 0 Å². The van der Waals surface area contributed by atoms with Crippen molar-refractivity contribution in [2.45, 2.75) is 24.4 Å². The molecule has 2 heterocycles. The molecule has 0 aliphatic carbocycles. The summed E-state index contributed by atoms with van der Waals surface area (Å²) in [5, 5.41) is 12.4. The summed E-state index contributed by atoms with van der Waals surface area (Å²) >= 11 is 0. The van der Waals surface area contributed by atoms with Gasteiger partial charge in [-0.15, -0.1) is 0 Å². The molecule has 0 unspecified atom stereocenters. The predicted octanol–water partition coefficient (Wildman–Crippen LogP) is 0.429. The summed E-state index contributed by atoms with van der Waals surface area (Å²) in [5.41, 5.74) is 0.701. The van der Waals surface area contributed by atoms with Crippen molar-refractivity contribution < 1.29 is 22.7 Å². The maximum atomic E-state index is 12.0. The second kappa shape index (κ2) is 5.88. The maximum absolute atomic E-state index is 12.0. The van der Waals surface area contributed by atoms with Gasteiger partial charge < -0.3 is 9.52 Å². The summed E-state index contributed by atoms with van der Waals surface area (Å²) in [6.07, 6.45) is 5.25. The van der Waals surface area contributed by atoms with Crippen LogP contribution in [-0.4, -0.2) is 29.3 Å². The Morgan fingerprint density at radius 3 is 2.95 bits per heavy atom. The van der Waals surface area contributed by atoms with E-state index in [1.54, 1.807) is 6.07 Å². The Morgan fingerprint density at radius 1 is 1.50 bits per heavy atom. The first-order chi connectivity index (χ1) is 9.47. The van der Waals surface area contributed by atoms with Gasteiger partial charge in [-0.25, -0.2) is 13.1 Å². The summed E-state index contributed by atoms with van der Waals surface area (Å²) in [6.45, 7) is 0.228. The van der Waals surface area contributed by atoms with Crippen LogP contribution in [0.5, 0.6) is 0 Å². The van der Waals surface area contributed by atoms with E-state index in [-0.39, 0.29) is 24.4 Å². The van der Waals surface area contributed by atoms with E-state index >= 15 is 0 Å². The Labute approximate surface area is 115 Å². The van der Waals surface area contributed by atoms with Gasteiger partial charge in [0.2, 0.25) is 10.0 Å². The van der Waals surface area contributed by atoms with E-state index in [4.69, 9.17) is 9.52 Å². The molecule has 0 aliphatic heterocycles. The highest BCUT2D eigenvalue weighted by Gasteiger charge is 2.16. The molecule has 2 aromatic heterocycles. The molecule has 0 bridgehead atoms. The number of aryl methyl sites for hydroxylation is 1. The lowest BCUT2D eigenvalue weighted by Crippen LogP contribution is -2.22.